The van der Waals surface area contributed by atoms with Crippen LogP contribution in [-0.2, 0) is 4.79 Å². The van der Waals surface area contributed by atoms with E-state index in [1.807, 2.05) is 45.0 Å². The van der Waals surface area contributed by atoms with Gasteiger partial charge in [-0.25, -0.2) is 4.68 Å². The standard InChI is InChI=1S/C17H22N6OS/c1-11(2)17(4,10-18)20-14(24)9-25-16-22-21-15(23(16)19)13-7-5-12(3)6-8-13/h5-8,11H,9,19H2,1-4H3,(H,20,24). The van der Waals surface area contributed by atoms with E-state index in [-0.39, 0.29) is 17.6 Å². The molecule has 132 valence electrons. The van der Waals surface area contributed by atoms with Gasteiger partial charge in [0.2, 0.25) is 11.1 Å². The molecule has 2 aromatic rings. The van der Waals surface area contributed by atoms with Crippen molar-refractivity contribution in [1.82, 2.24) is 20.2 Å². The predicted octanol–water partition coefficient (Wildman–Crippen LogP) is 2.11. The average molecular weight is 358 g/mol. The number of benzene rings is 1. The molecular formula is C17H22N6OS. The topological polar surface area (TPSA) is 110 Å². The van der Waals surface area contributed by atoms with Gasteiger partial charge in [0.15, 0.2) is 5.82 Å². The van der Waals surface area contributed by atoms with E-state index in [4.69, 9.17) is 5.84 Å². The highest BCUT2D eigenvalue weighted by atomic mass is 32.2. The summed E-state index contributed by atoms with van der Waals surface area (Å²) in [5.74, 6) is 6.44. The summed E-state index contributed by atoms with van der Waals surface area (Å²) in [7, 11) is 0. The van der Waals surface area contributed by atoms with Crippen molar-refractivity contribution in [2.45, 2.75) is 38.4 Å². The summed E-state index contributed by atoms with van der Waals surface area (Å²) in [6.07, 6.45) is 0. The van der Waals surface area contributed by atoms with Crippen LogP contribution in [0, 0.1) is 24.2 Å². The molecule has 0 fully saturated rings. The lowest BCUT2D eigenvalue weighted by Crippen LogP contribution is -2.49. The largest absolute Gasteiger partial charge is 0.337 e. The number of hydrogen-bond donors (Lipinski definition) is 2. The van der Waals surface area contributed by atoms with Crippen LogP contribution in [0.2, 0.25) is 0 Å². The second-order valence-corrected chi connectivity index (χ2v) is 7.29. The smallest absolute Gasteiger partial charge is 0.231 e. The third kappa shape index (κ3) is 4.31. The van der Waals surface area contributed by atoms with Gasteiger partial charge >= 0.3 is 0 Å². The highest BCUT2D eigenvalue weighted by Gasteiger charge is 2.30. The number of aromatic nitrogens is 3. The van der Waals surface area contributed by atoms with Gasteiger partial charge in [0.1, 0.15) is 5.54 Å². The number of nitriles is 1. The summed E-state index contributed by atoms with van der Waals surface area (Å²) in [4.78, 5) is 12.1. The molecule has 1 unspecified atom stereocenters. The van der Waals surface area contributed by atoms with E-state index in [2.05, 4.69) is 21.6 Å². The molecule has 1 aromatic heterocycles. The Hall–Kier alpha value is -2.53. The van der Waals surface area contributed by atoms with Crippen molar-refractivity contribution in [3.05, 3.63) is 29.8 Å². The minimum Gasteiger partial charge on any atom is -0.337 e. The third-order valence-electron chi connectivity index (χ3n) is 4.09. The maximum absolute atomic E-state index is 12.1. The number of nitrogens with zero attached hydrogens (tertiary/aromatic N) is 4. The van der Waals surface area contributed by atoms with Crippen molar-refractivity contribution in [2.75, 3.05) is 11.6 Å². The number of nitrogen functional groups attached to an aromatic ring is 1. The Morgan fingerprint density at radius 3 is 2.60 bits per heavy atom. The first kappa shape index (κ1) is 18.8. The summed E-state index contributed by atoms with van der Waals surface area (Å²) < 4.78 is 1.37. The second-order valence-electron chi connectivity index (χ2n) is 6.35. The van der Waals surface area contributed by atoms with E-state index < -0.39 is 5.54 Å². The molecule has 0 aliphatic rings. The molecule has 3 N–H and O–H groups in total. The number of thioether (sulfide) groups is 1. The maximum atomic E-state index is 12.1. The molecule has 1 heterocycles. The fraction of sp³-hybridized carbons (Fsp3) is 0.412. The molecule has 7 nitrogen and oxygen atoms in total. The van der Waals surface area contributed by atoms with E-state index in [0.717, 1.165) is 11.1 Å². The fourth-order valence-electron chi connectivity index (χ4n) is 2.03. The van der Waals surface area contributed by atoms with Gasteiger partial charge in [-0.3, -0.25) is 4.79 Å². The van der Waals surface area contributed by atoms with Gasteiger partial charge in [0, 0.05) is 5.56 Å². The Balaban J connectivity index is 2.04. The SMILES string of the molecule is Cc1ccc(-c2nnc(SCC(=O)NC(C)(C#N)C(C)C)n2N)cc1. The monoisotopic (exact) mass is 358 g/mol. The van der Waals surface area contributed by atoms with Gasteiger partial charge in [0.25, 0.3) is 0 Å². The lowest BCUT2D eigenvalue weighted by molar-refractivity contribution is -0.120. The van der Waals surface area contributed by atoms with Gasteiger partial charge in [-0.15, -0.1) is 10.2 Å². The molecule has 0 aliphatic carbocycles. The van der Waals surface area contributed by atoms with Gasteiger partial charge in [-0.05, 0) is 19.8 Å². The highest BCUT2D eigenvalue weighted by molar-refractivity contribution is 7.99. The second kappa shape index (κ2) is 7.57. The van der Waals surface area contributed by atoms with Crippen LogP contribution in [0.4, 0.5) is 0 Å². The number of amides is 1. The highest BCUT2D eigenvalue weighted by Crippen LogP contribution is 2.22. The van der Waals surface area contributed by atoms with Crippen molar-refractivity contribution in [2.24, 2.45) is 5.92 Å². The molecule has 2 rings (SSSR count). The number of nitrogens with one attached hydrogen (secondary N) is 1. The van der Waals surface area contributed by atoms with Crippen molar-refractivity contribution in [1.29, 1.82) is 5.26 Å². The molecule has 0 bridgehead atoms. The number of rotatable bonds is 6. The molecule has 0 radical (unpaired) electrons. The van der Waals surface area contributed by atoms with Crippen LogP contribution in [-0.4, -0.2) is 32.1 Å². The fourth-order valence-corrected chi connectivity index (χ4v) is 2.69. The molecule has 0 spiro atoms. The summed E-state index contributed by atoms with van der Waals surface area (Å²) in [6.45, 7) is 7.49. The van der Waals surface area contributed by atoms with Gasteiger partial charge < -0.3 is 11.2 Å². The Kier molecular flexibility index (Phi) is 5.69. The molecule has 1 aromatic carbocycles. The lowest BCUT2D eigenvalue weighted by Gasteiger charge is -2.27. The summed E-state index contributed by atoms with van der Waals surface area (Å²) in [6, 6.07) is 9.93. The molecule has 0 saturated heterocycles. The molecule has 1 atom stereocenters. The van der Waals surface area contributed by atoms with E-state index in [0.29, 0.717) is 11.0 Å². The first-order valence-corrected chi connectivity index (χ1v) is 8.88. The van der Waals surface area contributed by atoms with Gasteiger partial charge in [0.05, 0.1) is 11.8 Å². The van der Waals surface area contributed by atoms with E-state index in [9.17, 15) is 10.1 Å². The molecule has 1 amide bonds. The Bertz CT molecular complexity index is 792. The number of hydrogen-bond acceptors (Lipinski definition) is 6. The number of nitrogens with two attached hydrogens (primary N) is 1. The van der Waals surface area contributed by atoms with Crippen LogP contribution in [0.5, 0.6) is 0 Å². The average Bonchev–Trinajstić information content (AvgIpc) is 2.94. The number of carbonyl (C=O) groups is 1. The molecule has 0 aliphatic heterocycles. The summed E-state index contributed by atoms with van der Waals surface area (Å²) >= 11 is 1.18. The molecule has 8 heteroatoms. The molecular weight excluding hydrogens is 336 g/mol. The lowest BCUT2D eigenvalue weighted by atomic mass is 9.90. The Morgan fingerprint density at radius 1 is 1.40 bits per heavy atom. The molecule has 0 saturated carbocycles. The number of carbonyl (C=O) groups excluding carboxylic acids is 1. The maximum Gasteiger partial charge on any atom is 0.231 e. The zero-order valence-corrected chi connectivity index (χ0v) is 15.6. The third-order valence-corrected chi connectivity index (χ3v) is 5.04. The van der Waals surface area contributed by atoms with Crippen molar-refractivity contribution in [3.8, 4) is 17.5 Å². The van der Waals surface area contributed by atoms with E-state index >= 15 is 0 Å². The minimum absolute atomic E-state index is 0.00208. The van der Waals surface area contributed by atoms with Gasteiger partial charge in [-0.1, -0.05) is 55.4 Å². The van der Waals surface area contributed by atoms with Crippen LogP contribution < -0.4 is 11.2 Å². The van der Waals surface area contributed by atoms with E-state index in [1.165, 1.54) is 16.4 Å². The summed E-state index contributed by atoms with van der Waals surface area (Å²) in [5, 5.41) is 20.6. The van der Waals surface area contributed by atoms with Crippen LogP contribution in [0.3, 0.4) is 0 Å². The van der Waals surface area contributed by atoms with Gasteiger partial charge in [-0.2, -0.15) is 5.26 Å². The van der Waals surface area contributed by atoms with Crippen LogP contribution in [0.1, 0.15) is 26.3 Å². The Morgan fingerprint density at radius 2 is 2.04 bits per heavy atom. The zero-order chi connectivity index (χ0) is 18.6. The molecule has 25 heavy (non-hydrogen) atoms. The number of aryl methyl sites for hydroxylation is 1. The van der Waals surface area contributed by atoms with Crippen LogP contribution >= 0.6 is 11.8 Å². The predicted molar refractivity (Wildman–Crippen MR) is 98.1 cm³/mol. The van der Waals surface area contributed by atoms with E-state index in [1.54, 1.807) is 6.92 Å². The minimum atomic E-state index is -0.902. The van der Waals surface area contributed by atoms with Crippen molar-refractivity contribution in [3.63, 3.8) is 0 Å². The van der Waals surface area contributed by atoms with Crippen LogP contribution in [0.15, 0.2) is 29.4 Å². The quantitative estimate of drug-likeness (QED) is 0.604. The first-order chi connectivity index (χ1) is 11.8. The Labute approximate surface area is 151 Å². The van der Waals surface area contributed by atoms with Crippen molar-refractivity contribution >= 4 is 17.7 Å². The summed E-state index contributed by atoms with van der Waals surface area (Å²) in [5.41, 5.74) is 1.10. The van der Waals surface area contributed by atoms with Crippen LogP contribution in [0.25, 0.3) is 11.4 Å². The normalized spacial score (nSPS) is 13.3. The first-order valence-electron chi connectivity index (χ1n) is 7.89. The zero-order valence-electron chi connectivity index (χ0n) is 14.8. The van der Waals surface area contributed by atoms with Crippen molar-refractivity contribution < 1.29 is 4.79 Å².